The fourth-order valence-electron chi connectivity index (χ4n) is 1.96. The molecule has 2 aromatic carbocycles. The van der Waals surface area contributed by atoms with Crippen molar-refractivity contribution in [3.05, 3.63) is 70.8 Å². The number of aryl methyl sites for hydroxylation is 1. The van der Waals surface area contributed by atoms with Crippen LogP contribution in [0.25, 0.3) is 5.76 Å². The van der Waals surface area contributed by atoms with Gasteiger partial charge in [0.15, 0.2) is 11.6 Å². The number of aliphatic hydroxyl groups is 1. The highest BCUT2D eigenvalue weighted by Crippen LogP contribution is 2.21. The van der Waals surface area contributed by atoms with Gasteiger partial charge < -0.3 is 10.2 Å². The van der Waals surface area contributed by atoms with Crippen molar-refractivity contribution < 1.29 is 19.8 Å². The van der Waals surface area contributed by atoms with Gasteiger partial charge in [0.2, 0.25) is 0 Å². The highest BCUT2D eigenvalue weighted by molar-refractivity contribution is 6.10. The van der Waals surface area contributed by atoms with Gasteiger partial charge in [-0.05, 0) is 32.0 Å². The molecule has 0 spiro atoms. The van der Waals surface area contributed by atoms with Gasteiger partial charge in [-0.15, -0.1) is 0 Å². The highest BCUT2D eigenvalue weighted by Gasteiger charge is 2.13. The van der Waals surface area contributed by atoms with Crippen LogP contribution < -0.4 is 0 Å². The van der Waals surface area contributed by atoms with Crippen LogP contribution >= 0.6 is 0 Å². The Kier molecular flexibility index (Phi) is 4.41. The van der Waals surface area contributed by atoms with Crippen LogP contribution in [0.3, 0.4) is 0 Å². The maximum Gasteiger partial charge on any atom is 0.193 e. The molecule has 0 bridgehead atoms. The molecule has 0 radical (unpaired) electrons. The number of ketones is 2. The van der Waals surface area contributed by atoms with Gasteiger partial charge in [-0.25, -0.2) is 0 Å². The number of carbonyl (C=O) groups is 2. The lowest BCUT2D eigenvalue weighted by atomic mass is 10.0. The van der Waals surface area contributed by atoms with E-state index in [0.717, 1.165) is 11.6 Å². The topological polar surface area (TPSA) is 74.6 Å². The van der Waals surface area contributed by atoms with Crippen LogP contribution in [0.5, 0.6) is 5.75 Å². The van der Waals surface area contributed by atoms with E-state index in [1.165, 1.54) is 25.1 Å². The summed E-state index contributed by atoms with van der Waals surface area (Å²) in [6, 6.07) is 11.1. The zero-order chi connectivity index (χ0) is 16.3. The first-order valence-corrected chi connectivity index (χ1v) is 6.74. The molecule has 0 saturated heterocycles. The summed E-state index contributed by atoms with van der Waals surface area (Å²) in [5, 5.41) is 19.8. The van der Waals surface area contributed by atoms with E-state index in [9.17, 15) is 19.8 Å². The Bertz CT molecular complexity index is 755. The first-order chi connectivity index (χ1) is 10.4. The fourth-order valence-corrected chi connectivity index (χ4v) is 1.96. The molecule has 2 aromatic rings. The number of allylic oxidation sites excluding steroid dienone is 1. The minimum absolute atomic E-state index is 0.0219. The molecular weight excluding hydrogens is 280 g/mol. The molecule has 0 aliphatic heterocycles. The van der Waals surface area contributed by atoms with Crippen LogP contribution in [0, 0.1) is 6.92 Å². The molecular formula is C18H16O4. The van der Waals surface area contributed by atoms with E-state index < -0.39 is 5.78 Å². The van der Waals surface area contributed by atoms with Gasteiger partial charge in [0.25, 0.3) is 0 Å². The lowest BCUT2D eigenvalue weighted by Crippen LogP contribution is -2.01. The quantitative estimate of drug-likeness (QED) is 0.512. The third-order valence-corrected chi connectivity index (χ3v) is 3.28. The average Bonchev–Trinajstić information content (AvgIpc) is 2.47. The van der Waals surface area contributed by atoms with Gasteiger partial charge >= 0.3 is 0 Å². The van der Waals surface area contributed by atoms with Gasteiger partial charge in [0, 0.05) is 17.2 Å². The van der Waals surface area contributed by atoms with Crippen molar-refractivity contribution in [2.75, 3.05) is 0 Å². The number of hydrogen-bond donors (Lipinski definition) is 2. The zero-order valence-corrected chi connectivity index (χ0v) is 12.3. The number of hydrogen-bond acceptors (Lipinski definition) is 4. The Morgan fingerprint density at radius 1 is 1.00 bits per heavy atom. The smallest absolute Gasteiger partial charge is 0.193 e. The Morgan fingerprint density at radius 3 is 2.18 bits per heavy atom. The molecule has 0 aliphatic carbocycles. The monoisotopic (exact) mass is 296 g/mol. The van der Waals surface area contributed by atoms with Gasteiger partial charge in [-0.3, -0.25) is 9.59 Å². The van der Waals surface area contributed by atoms with Gasteiger partial charge in [0.1, 0.15) is 11.5 Å². The van der Waals surface area contributed by atoms with Crippen molar-refractivity contribution in [3.8, 4) is 5.75 Å². The molecule has 0 fully saturated rings. The second-order valence-corrected chi connectivity index (χ2v) is 5.05. The number of aliphatic hydroxyl groups excluding tert-OH is 1. The summed E-state index contributed by atoms with van der Waals surface area (Å²) in [5.74, 6) is -1.21. The Labute approximate surface area is 128 Å². The van der Waals surface area contributed by atoms with Crippen molar-refractivity contribution in [2.24, 2.45) is 0 Å². The first kappa shape index (κ1) is 15.5. The summed E-state index contributed by atoms with van der Waals surface area (Å²) in [5.41, 5.74) is 1.84. The molecule has 112 valence electrons. The second-order valence-electron chi connectivity index (χ2n) is 5.05. The van der Waals surface area contributed by atoms with Gasteiger partial charge in [0.05, 0.1) is 5.56 Å². The summed E-state index contributed by atoms with van der Waals surface area (Å²) < 4.78 is 0. The number of benzene rings is 2. The summed E-state index contributed by atoms with van der Waals surface area (Å²) in [7, 11) is 0. The third kappa shape index (κ3) is 3.41. The summed E-state index contributed by atoms with van der Waals surface area (Å²) in [6.07, 6.45) is 1.03. The lowest BCUT2D eigenvalue weighted by Gasteiger charge is -2.04. The van der Waals surface area contributed by atoms with E-state index in [0.29, 0.717) is 11.1 Å². The zero-order valence-electron chi connectivity index (χ0n) is 12.3. The number of phenolic OH excluding ortho intramolecular Hbond substituents is 1. The van der Waals surface area contributed by atoms with Crippen molar-refractivity contribution in [1.82, 2.24) is 0 Å². The predicted molar refractivity (Wildman–Crippen MR) is 84.2 cm³/mol. The molecule has 4 nitrogen and oxygen atoms in total. The summed E-state index contributed by atoms with van der Waals surface area (Å²) >= 11 is 0. The Balaban J connectivity index is 2.35. The average molecular weight is 296 g/mol. The maximum absolute atomic E-state index is 12.2. The van der Waals surface area contributed by atoms with Gasteiger partial charge in [-0.1, -0.05) is 29.8 Å². The van der Waals surface area contributed by atoms with Crippen LogP contribution in [0.2, 0.25) is 0 Å². The third-order valence-electron chi connectivity index (χ3n) is 3.28. The molecule has 22 heavy (non-hydrogen) atoms. The molecule has 2 rings (SSSR count). The van der Waals surface area contributed by atoms with E-state index in [4.69, 9.17) is 0 Å². The van der Waals surface area contributed by atoms with Crippen molar-refractivity contribution in [3.63, 3.8) is 0 Å². The molecule has 0 heterocycles. The van der Waals surface area contributed by atoms with E-state index in [1.54, 1.807) is 12.1 Å². The van der Waals surface area contributed by atoms with Gasteiger partial charge in [-0.2, -0.15) is 0 Å². The van der Waals surface area contributed by atoms with Crippen LogP contribution in [-0.2, 0) is 0 Å². The predicted octanol–water partition coefficient (Wildman–Crippen LogP) is 3.69. The number of rotatable bonds is 4. The minimum Gasteiger partial charge on any atom is -0.507 e. The van der Waals surface area contributed by atoms with E-state index in [2.05, 4.69) is 0 Å². The second kappa shape index (κ2) is 6.26. The SMILES string of the molecule is CC(=O)c1ccc(O)c(C(=O)/C=C(\O)c2ccc(C)cc2)c1. The van der Waals surface area contributed by atoms with Crippen LogP contribution in [0.1, 0.15) is 38.8 Å². The molecule has 0 atom stereocenters. The van der Waals surface area contributed by atoms with Crippen molar-refractivity contribution in [1.29, 1.82) is 0 Å². The maximum atomic E-state index is 12.2. The van der Waals surface area contributed by atoms with Crippen molar-refractivity contribution in [2.45, 2.75) is 13.8 Å². The molecule has 4 heteroatoms. The normalized spacial score (nSPS) is 11.3. The highest BCUT2D eigenvalue weighted by atomic mass is 16.3. The number of Topliss-reactive ketones (excluding diaryl/α,β-unsaturated/α-hetero) is 1. The first-order valence-electron chi connectivity index (χ1n) is 6.74. The summed E-state index contributed by atoms with van der Waals surface area (Å²) in [6.45, 7) is 3.29. The molecule has 0 aliphatic rings. The molecule has 0 aromatic heterocycles. The minimum atomic E-state index is -0.571. The molecule has 2 N–H and O–H groups in total. The summed E-state index contributed by atoms with van der Waals surface area (Å²) in [4.78, 5) is 23.5. The Morgan fingerprint density at radius 2 is 1.59 bits per heavy atom. The Hall–Kier alpha value is -2.88. The number of carbonyl (C=O) groups excluding carboxylic acids is 2. The van der Waals surface area contributed by atoms with Crippen LogP contribution in [0.15, 0.2) is 48.5 Å². The lowest BCUT2D eigenvalue weighted by molar-refractivity contribution is 0.101. The van der Waals surface area contributed by atoms with E-state index in [-0.39, 0.29) is 22.9 Å². The number of aromatic hydroxyl groups is 1. The molecule has 0 amide bonds. The molecule has 0 unspecified atom stereocenters. The largest absolute Gasteiger partial charge is 0.507 e. The number of phenols is 1. The van der Waals surface area contributed by atoms with Crippen LogP contribution in [0.4, 0.5) is 0 Å². The molecule has 0 saturated carbocycles. The fraction of sp³-hybridized carbons (Fsp3) is 0.111. The van der Waals surface area contributed by atoms with Crippen molar-refractivity contribution >= 4 is 17.3 Å². The standard InChI is InChI=1S/C18H16O4/c1-11-3-5-13(6-4-11)17(21)10-18(22)15-9-14(12(2)19)7-8-16(15)20/h3-10,20-21H,1-2H3/b17-10-. The van der Waals surface area contributed by atoms with Crippen LogP contribution in [-0.4, -0.2) is 21.8 Å². The van der Waals surface area contributed by atoms with E-state index in [1.807, 2.05) is 19.1 Å². The van der Waals surface area contributed by atoms with E-state index >= 15 is 0 Å².